The first-order valence-corrected chi connectivity index (χ1v) is 35.2. The van der Waals surface area contributed by atoms with Gasteiger partial charge in [0.15, 0.2) is 0 Å². The predicted molar refractivity (Wildman–Crippen MR) is 228 cm³/mol. The van der Waals surface area contributed by atoms with Gasteiger partial charge in [-0.05, 0) is 0 Å². The molecular weight excluding hydrogens is 755 g/mol. The molecule has 0 amide bonds. The quantitative estimate of drug-likeness (QED) is 0.176. The van der Waals surface area contributed by atoms with Gasteiger partial charge in [-0.25, -0.2) is 0 Å². The molecule has 0 saturated heterocycles. The molecule has 0 saturated carbocycles. The van der Waals surface area contributed by atoms with Gasteiger partial charge in [-0.3, -0.25) is 0 Å². The maximum absolute atomic E-state index is 8.65. The van der Waals surface area contributed by atoms with E-state index in [2.05, 4.69) is 181 Å². The fourth-order valence-corrected chi connectivity index (χ4v) is 41.9. The van der Waals surface area contributed by atoms with Crippen LogP contribution >= 0.6 is 17.0 Å². The number of hydrogen-bond acceptors (Lipinski definition) is 0. The molecule has 0 aliphatic heterocycles. The first-order valence-electron chi connectivity index (χ1n) is 18.9. The van der Waals surface area contributed by atoms with Gasteiger partial charge in [0, 0.05) is 0 Å². The van der Waals surface area contributed by atoms with Crippen LogP contribution in [0.3, 0.4) is 0 Å². The van der Waals surface area contributed by atoms with Crippen molar-refractivity contribution in [1.29, 1.82) is 0 Å². The average Bonchev–Trinajstić information content (AvgIpc) is 3.57. The second-order valence-electron chi connectivity index (χ2n) is 19.2. The molecule has 0 spiro atoms. The van der Waals surface area contributed by atoms with Crippen LogP contribution in [0.25, 0.3) is 34.4 Å². The summed E-state index contributed by atoms with van der Waals surface area (Å²) in [5, 5.41) is 0. The Morgan fingerprint density at radius 1 is 0.549 bits per heavy atom. The summed E-state index contributed by atoms with van der Waals surface area (Å²) < 4.78 is 0.141. The molecule has 0 radical (unpaired) electrons. The minimum atomic E-state index is -4.84. The molecule has 4 heteroatoms. The molecule has 0 fully saturated rings. The van der Waals surface area contributed by atoms with E-state index >= 15 is 0 Å². The van der Waals surface area contributed by atoms with Crippen molar-refractivity contribution in [3.05, 3.63) is 128 Å². The Hall–Kier alpha value is -1.96. The van der Waals surface area contributed by atoms with Crippen LogP contribution < -0.4 is 0 Å². The summed E-state index contributed by atoms with van der Waals surface area (Å²) in [6.45, 7) is 32.5. The molecule has 2 aliphatic carbocycles. The Bertz CT molecular complexity index is 2060. The zero-order chi connectivity index (χ0) is 37.7. The van der Waals surface area contributed by atoms with Gasteiger partial charge in [0.2, 0.25) is 0 Å². The molecule has 6 rings (SSSR count). The van der Waals surface area contributed by atoms with E-state index in [0.29, 0.717) is 0 Å². The van der Waals surface area contributed by atoms with Crippen molar-refractivity contribution in [1.82, 2.24) is 0 Å². The summed E-state index contributed by atoms with van der Waals surface area (Å²) in [6.07, 6.45) is 4.88. The number of fused-ring (bicyclic) bond motifs is 2. The number of rotatable bonds is 5. The van der Waals surface area contributed by atoms with E-state index in [-0.39, 0.29) is 23.5 Å². The molecule has 0 nitrogen and oxygen atoms in total. The molecule has 269 valence electrons. The molecule has 2 unspecified atom stereocenters. The molecule has 2 atom stereocenters. The molecule has 0 bridgehead atoms. The molecular formula is C47H59Cl2SiZr. The molecule has 0 N–H and O–H groups in total. The standard InChI is InChI=1S/C25H31.C20H21.C2H7Si.2ClH.Zr/c1-16-11-22-17(2)9-10-21(23(22)12-16)18-13-19(24(3,4)5)15-20(14-18)25(6,7)8;1-14-12-16-6-5-7-18(19(16)13-14)15-8-10-17(11-9-15)20(2,3)4;1-3-2;;;/h9-15H,1-8H3;5-13H,1-4H3;3H,1-2H3;2*1H;/q;;;;;+2/p-2. The Kier molecular flexibility index (Phi) is 9.75. The van der Waals surface area contributed by atoms with E-state index in [0.717, 1.165) is 0 Å². The Morgan fingerprint density at radius 3 is 1.59 bits per heavy atom. The summed E-state index contributed by atoms with van der Waals surface area (Å²) >= 11 is -4.84. The third-order valence-electron chi connectivity index (χ3n) is 12.1. The van der Waals surface area contributed by atoms with E-state index < -0.39 is 21.5 Å². The first-order chi connectivity index (χ1) is 23.4. The second-order valence-corrected chi connectivity index (χ2v) is 61.7. The maximum atomic E-state index is 8.65. The van der Waals surface area contributed by atoms with E-state index in [1.807, 2.05) is 0 Å². The fourth-order valence-electron chi connectivity index (χ4n) is 8.95. The summed E-state index contributed by atoms with van der Waals surface area (Å²) in [5.74, 6) is -1.64. The van der Waals surface area contributed by atoms with E-state index in [9.17, 15) is 0 Å². The van der Waals surface area contributed by atoms with E-state index in [1.165, 1.54) is 77.9 Å². The van der Waals surface area contributed by atoms with Gasteiger partial charge >= 0.3 is 321 Å². The van der Waals surface area contributed by atoms with Gasteiger partial charge in [-0.1, -0.05) is 0 Å². The Morgan fingerprint density at radius 2 is 1.06 bits per heavy atom. The second kappa shape index (κ2) is 12.8. The first kappa shape index (κ1) is 38.8. The van der Waals surface area contributed by atoms with Crippen molar-refractivity contribution in [3.63, 3.8) is 0 Å². The Labute approximate surface area is 318 Å². The average molecular weight is 814 g/mol. The van der Waals surface area contributed by atoms with E-state index in [4.69, 9.17) is 17.0 Å². The minimum absolute atomic E-state index is 0.0382. The SMILES string of the molecule is CC1=Cc2c(-c3ccc(C(C)(C)C)cc3)cccc2[CH]1[Zr]([Cl])([Cl])([CH]1C(C)=Cc2c(-c3cc(C(C)(C)C)cc(C(C)(C)C)c3)ccc(C)c21)[SiH](C)C. The third kappa shape index (κ3) is 6.51. The van der Waals surface area contributed by atoms with Crippen molar-refractivity contribution in [2.75, 3.05) is 0 Å². The van der Waals surface area contributed by atoms with Crippen molar-refractivity contribution in [3.8, 4) is 22.3 Å². The third-order valence-corrected chi connectivity index (χ3v) is 64.4. The van der Waals surface area contributed by atoms with Crippen LogP contribution in [0.4, 0.5) is 0 Å². The van der Waals surface area contributed by atoms with Crippen molar-refractivity contribution in [2.24, 2.45) is 0 Å². The normalized spacial score (nSPS) is 18.6. The molecule has 51 heavy (non-hydrogen) atoms. The monoisotopic (exact) mass is 811 g/mol. The number of benzene rings is 4. The van der Waals surface area contributed by atoms with Gasteiger partial charge in [-0.15, -0.1) is 0 Å². The predicted octanol–water partition coefficient (Wildman–Crippen LogP) is 14.8. The summed E-state index contributed by atoms with van der Waals surface area (Å²) in [7, 11) is 17.3. The van der Waals surface area contributed by atoms with Gasteiger partial charge in [0.25, 0.3) is 0 Å². The van der Waals surface area contributed by atoms with E-state index in [1.54, 1.807) is 0 Å². The summed E-state index contributed by atoms with van der Waals surface area (Å²) in [6, 6.07) is 28.0. The molecule has 4 aromatic rings. The van der Waals surface area contributed by atoms with Crippen LogP contribution in [-0.2, 0) is 31.8 Å². The van der Waals surface area contributed by atoms with Crippen LogP contribution in [0.1, 0.15) is 128 Å². The van der Waals surface area contributed by atoms with Crippen LogP contribution in [0.15, 0.2) is 83.9 Å². The van der Waals surface area contributed by atoms with Crippen molar-refractivity contribution >= 4 is 35.1 Å². The summed E-state index contributed by atoms with van der Waals surface area (Å²) in [5.41, 5.74) is 18.7. The van der Waals surface area contributed by atoms with Crippen molar-refractivity contribution in [2.45, 2.75) is 120 Å². The van der Waals surface area contributed by atoms with Gasteiger partial charge in [0.05, 0.1) is 0 Å². The number of allylic oxidation sites excluding steroid dienone is 2. The number of hydrogen-bond donors (Lipinski definition) is 0. The topological polar surface area (TPSA) is 0 Å². The van der Waals surface area contributed by atoms with Crippen molar-refractivity contribution < 1.29 is 15.6 Å². The number of aryl methyl sites for hydroxylation is 1. The summed E-state index contributed by atoms with van der Waals surface area (Å²) in [4.78, 5) is 0. The zero-order valence-corrected chi connectivity index (χ0v) is 38.7. The molecule has 2 aliphatic rings. The fraction of sp³-hybridized carbons (Fsp3) is 0.404. The van der Waals surface area contributed by atoms with Gasteiger partial charge in [-0.2, -0.15) is 0 Å². The van der Waals surface area contributed by atoms with Crippen LogP contribution in [0.2, 0.25) is 13.1 Å². The van der Waals surface area contributed by atoms with Crippen LogP contribution in [-0.4, -0.2) is 5.92 Å². The molecule has 0 heterocycles. The van der Waals surface area contributed by atoms with Crippen LogP contribution in [0.5, 0.6) is 0 Å². The number of halogens is 2. The van der Waals surface area contributed by atoms with Gasteiger partial charge < -0.3 is 0 Å². The molecule has 4 aromatic carbocycles. The molecule has 0 aromatic heterocycles. The Balaban J connectivity index is 1.54. The van der Waals surface area contributed by atoms with Gasteiger partial charge in [0.1, 0.15) is 0 Å². The zero-order valence-electron chi connectivity index (χ0n) is 33.6. The van der Waals surface area contributed by atoms with Crippen LogP contribution in [0, 0.1) is 6.92 Å².